The van der Waals surface area contributed by atoms with E-state index in [2.05, 4.69) is 36.2 Å². The van der Waals surface area contributed by atoms with Crippen LogP contribution in [0.2, 0.25) is 0 Å². The molecule has 0 fully saturated rings. The zero-order chi connectivity index (χ0) is 11.8. The molecule has 0 radical (unpaired) electrons. The van der Waals surface area contributed by atoms with Crippen molar-refractivity contribution in [2.24, 2.45) is 5.92 Å². The van der Waals surface area contributed by atoms with E-state index in [1.54, 1.807) is 6.33 Å². The monoisotopic (exact) mass is 224 g/mol. The molecule has 1 heterocycles. The minimum absolute atomic E-state index is 0.624. The number of hydrogen-bond donors (Lipinski definition) is 1. The van der Waals surface area contributed by atoms with E-state index in [4.69, 9.17) is 0 Å². The van der Waals surface area contributed by atoms with E-state index in [0.717, 1.165) is 38.3 Å². The molecule has 1 aromatic rings. The van der Waals surface area contributed by atoms with Gasteiger partial charge in [-0.25, -0.2) is 9.67 Å². The fourth-order valence-electron chi connectivity index (χ4n) is 1.65. The van der Waals surface area contributed by atoms with Crippen LogP contribution in [0.4, 0.5) is 0 Å². The van der Waals surface area contributed by atoms with Crippen molar-refractivity contribution in [3.8, 4) is 0 Å². The van der Waals surface area contributed by atoms with Gasteiger partial charge >= 0.3 is 0 Å². The maximum absolute atomic E-state index is 4.31. The van der Waals surface area contributed by atoms with E-state index in [1.807, 2.05) is 4.68 Å². The first-order valence-electron chi connectivity index (χ1n) is 6.31. The third-order valence-corrected chi connectivity index (χ3v) is 2.41. The minimum atomic E-state index is 0.624. The van der Waals surface area contributed by atoms with Gasteiger partial charge in [0.1, 0.15) is 12.2 Å². The number of nitrogens with one attached hydrogen (secondary N) is 1. The van der Waals surface area contributed by atoms with Crippen molar-refractivity contribution in [2.75, 3.05) is 13.1 Å². The highest BCUT2D eigenvalue weighted by Crippen LogP contribution is 2.03. The quantitative estimate of drug-likeness (QED) is 0.685. The van der Waals surface area contributed by atoms with Crippen molar-refractivity contribution >= 4 is 0 Å². The number of aryl methyl sites for hydroxylation is 1. The second kappa shape index (κ2) is 7.39. The van der Waals surface area contributed by atoms with Gasteiger partial charge in [-0.1, -0.05) is 20.8 Å². The Kier molecular flexibility index (Phi) is 6.08. The maximum atomic E-state index is 4.31. The van der Waals surface area contributed by atoms with Crippen molar-refractivity contribution in [3.05, 3.63) is 12.2 Å². The van der Waals surface area contributed by atoms with Crippen LogP contribution in [-0.2, 0) is 13.0 Å². The molecule has 0 saturated carbocycles. The lowest BCUT2D eigenvalue weighted by atomic mass is 10.2. The first kappa shape index (κ1) is 13.2. The summed E-state index contributed by atoms with van der Waals surface area (Å²) >= 11 is 0. The molecule has 0 aliphatic heterocycles. The topological polar surface area (TPSA) is 42.7 Å². The lowest BCUT2D eigenvalue weighted by molar-refractivity contribution is 0.462. The fraction of sp³-hybridized carbons (Fsp3) is 0.833. The summed E-state index contributed by atoms with van der Waals surface area (Å²) in [5.41, 5.74) is 0. The Balaban J connectivity index is 2.27. The van der Waals surface area contributed by atoms with Gasteiger partial charge in [-0.15, -0.1) is 0 Å². The molecule has 0 saturated heterocycles. The summed E-state index contributed by atoms with van der Waals surface area (Å²) < 4.78 is 2.03. The van der Waals surface area contributed by atoms with Gasteiger partial charge in [0.25, 0.3) is 0 Å². The van der Waals surface area contributed by atoms with Crippen LogP contribution in [0.1, 0.15) is 39.4 Å². The van der Waals surface area contributed by atoms with Gasteiger partial charge in [0.15, 0.2) is 0 Å². The Morgan fingerprint density at radius 2 is 2.19 bits per heavy atom. The summed E-state index contributed by atoms with van der Waals surface area (Å²) in [6, 6.07) is 0. The van der Waals surface area contributed by atoms with E-state index in [9.17, 15) is 0 Å². The van der Waals surface area contributed by atoms with Crippen molar-refractivity contribution in [1.82, 2.24) is 20.1 Å². The van der Waals surface area contributed by atoms with Crippen LogP contribution < -0.4 is 5.32 Å². The molecular formula is C12H24N4. The first-order chi connectivity index (χ1) is 7.74. The molecule has 1 rings (SSSR count). The average Bonchev–Trinajstić information content (AvgIpc) is 2.64. The smallest absolute Gasteiger partial charge is 0.138 e. The predicted octanol–water partition coefficient (Wildman–Crippen LogP) is 1.87. The third kappa shape index (κ3) is 4.75. The Bertz CT molecular complexity index is 280. The van der Waals surface area contributed by atoms with E-state index in [-0.39, 0.29) is 0 Å². The molecule has 0 aliphatic rings. The standard InChI is InChI=1S/C12H24N4/c1-4-7-13-8-5-6-12-14-10-15-16(12)9-11(2)3/h10-11,13H,4-9H2,1-3H3. The van der Waals surface area contributed by atoms with Gasteiger partial charge in [-0.05, 0) is 31.8 Å². The molecule has 0 unspecified atom stereocenters. The summed E-state index contributed by atoms with van der Waals surface area (Å²) in [5, 5.41) is 7.66. The van der Waals surface area contributed by atoms with Crippen LogP contribution in [0.15, 0.2) is 6.33 Å². The number of hydrogen-bond acceptors (Lipinski definition) is 3. The van der Waals surface area contributed by atoms with Crippen LogP contribution in [0.5, 0.6) is 0 Å². The highest BCUT2D eigenvalue weighted by Gasteiger charge is 2.05. The summed E-state index contributed by atoms with van der Waals surface area (Å²) in [7, 11) is 0. The fourth-order valence-corrected chi connectivity index (χ4v) is 1.65. The van der Waals surface area contributed by atoms with Gasteiger partial charge < -0.3 is 5.32 Å². The minimum Gasteiger partial charge on any atom is -0.317 e. The zero-order valence-corrected chi connectivity index (χ0v) is 10.7. The van der Waals surface area contributed by atoms with Crippen molar-refractivity contribution < 1.29 is 0 Å². The molecule has 0 aromatic carbocycles. The molecule has 0 atom stereocenters. The second-order valence-corrected chi connectivity index (χ2v) is 4.61. The number of rotatable bonds is 8. The zero-order valence-electron chi connectivity index (χ0n) is 10.7. The van der Waals surface area contributed by atoms with Gasteiger partial charge in [-0.2, -0.15) is 5.10 Å². The predicted molar refractivity (Wildman–Crippen MR) is 66.3 cm³/mol. The van der Waals surface area contributed by atoms with E-state index in [0.29, 0.717) is 5.92 Å². The van der Waals surface area contributed by atoms with Gasteiger partial charge in [0.05, 0.1) is 0 Å². The molecule has 0 amide bonds. The highest BCUT2D eigenvalue weighted by atomic mass is 15.3. The molecule has 16 heavy (non-hydrogen) atoms. The molecule has 1 N–H and O–H groups in total. The molecule has 0 bridgehead atoms. The largest absolute Gasteiger partial charge is 0.317 e. The molecule has 4 nitrogen and oxygen atoms in total. The van der Waals surface area contributed by atoms with Crippen LogP contribution in [0, 0.1) is 5.92 Å². The normalized spacial score (nSPS) is 11.2. The molecule has 4 heteroatoms. The summed E-state index contributed by atoms with van der Waals surface area (Å²) in [5.74, 6) is 1.74. The van der Waals surface area contributed by atoms with Gasteiger partial charge in [-0.3, -0.25) is 0 Å². The molecule has 92 valence electrons. The Hall–Kier alpha value is -0.900. The number of nitrogens with zero attached hydrogens (tertiary/aromatic N) is 3. The average molecular weight is 224 g/mol. The van der Waals surface area contributed by atoms with Gasteiger partial charge in [0, 0.05) is 13.0 Å². The van der Waals surface area contributed by atoms with Crippen molar-refractivity contribution in [1.29, 1.82) is 0 Å². The molecular weight excluding hydrogens is 200 g/mol. The summed E-state index contributed by atoms with van der Waals surface area (Å²) in [6.45, 7) is 9.74. The summed E-state index contributed by atoms with van der Waals surface area (Å²) in [6.07, 6.45) is 5.01. The molecule has 0 spiro atoms. The Labute approximate surface area is 98.5 Å². The van der Waals surface area contributed by atoms with Crippen LogP contribution in [-0.4, -0.2) is 27.9 Å². The Morgan fingerprint density at radius 1 is 1.38 bits per heavy atom. The SMILES string of the molecule is CCCNCCCc1ncnn1CC(C)C. The van der Waals surface area contributed by atoms with Gasteiger partial charge in [0.2, 0.25) is 0 Å². The highest BCUT2D eigenvalue weighted by molar-refractivity contribution is 4.85. The second-order valence-electron chi connectivity index (χ2n) is 4.61. The van der Waals surface area contributed by atoms with E-state index >= 15 is 0 Å². The van der Waals surface area contributed by atoms with Crippen LogP contribution in [0.25, 0.3) is 0 Å². The lowest BCUT2D eigenvalue weighted by Gasteiger charge is -2.08. The lowest BCUT2D eigenvalue weighted by Crippen LogP contribution is -2.17. The number of aromatic nitrogens is 3. The van der Waals surface area contributed by atoms with E-state index in [1.165, 1.54) is 6.42 Å². The van der Waals surface area contributed by atoms with Crippen LogP contribution in [0.3, 0.4) is 0 Å². The van der Waals surface area contributed by atoms with Crippen LogP contribution >= 0.6 is 0 Å². The summed E-state index contributed by atoms with van der Waals surface area (Å²) in [4.78, 5) is 4.31. The molecule has 1 aromatic heterocycles. The van der Waals surface area contributed by atoms with E-state index < -0.39 is 0 Å². The third-order valence-electron chi connectivity index (χ3n) is 2.41. The Morgan fingerprint density at radius 3 is 2.88 bits per heavy atom. The van der Waals surface area contributed by atoms with Crippen molar-refractivity contribution in [2.45, 2.75) is 46.6 Å². The molecule has 0 aliphatic carbocycles. The first-order valence-corrected chi connectivity index (χ1v) is 6.31. The maximum Gasteiger partial charge on any atom is 0.138 e. The van der Waals surface area contributed by atoms with Crippen molar-refractivity contribution in [3.63, 3.8) is 0 Å².